The van der Waals surface area contributed by atoms with Gasteiger partial charge in [0, 0.05) is 31.1 Å². The Hall–Kier alpha value is -2.57. The topological polar surface area (TPSA) is 64.7 Å². The number of carbonyl (C=O) groups is 1. The van der Waals surface area contributed by atoms with Crippen LogP contribution in [0.15, 0.2) is 6.07 Å². The van der Waals surface area contributed by atoms with E-state index in [1.165, 1.54) is 7.05 Å². The molecule has 168 valence electrons. The van der Waals surface area contributed by atoms with Crippen LogP contribution in [0.3, 0.4) is 0 Å². The molecule has 4 rings (SSSR count). The lowest BCUT2D eigenvalue weighted by Gasteiger charge is -2.12. The third-order valence-corrected chi connectivity index (χ3v) is 6.28. The van der Waals surface area contributed by atoms with Crippen molar-refractivity contribution in [2.75, 3.05) is 6.54 Å². The van der Waals surface area contributed by atoms with Crippen molar-refractivity contribution in [1.82, 2.24) is 24.9 Å². The molecule has 1 aliphatic rings. The van der Waals surface area contributed by atoms with Crippen molar-refractivity contribution in [2.45, 2.75) is 44.6 Å². The minimum absolute atomic E-state index is 0.0311. The summed E-state index contributed by atoms with van der Waals surface area (Å²) >= 11 is 0.867. The molecule has 3 aromatic heterocycles. The molecule has 0 spiro atoms. The molecule has 0 unspecified atom stereocenters. The Morgan fingerprint density at radius 3 is 2.58 bits per heavy atom. The zero-order valence-electron chi connectivity index (χ0n) is 16.2. The number of halogens is 6. The Kier molecular flexibility index (Phi) is 5.26. The number of alkyl halides is 6. The highest BCUT2D eigenvalue weighted by atomic mass is 32.1. The first-order valence-electron chi connectivity index (χ1n) is 9.44. The average Bonchev–Trinajstić information content (AvgIpc) is 3.37. The summed E-state index contributed by atoms with van der Waals surface area (Å²) in [5.74, 6) is -0.590. The first-order chi connectivity index (χ1) is 14.5. The van der Waals surface area contributed by atoms with Crippen LogP contribution >= 0.6 is 11.3 Å². The minimum Gasteiger partial charge on any atom is -0.351 e. The Morgan fingerprint density at radius 2 is 1.90 bits per heavy atom. The highest BCUT2D eigenvalue weighted by molar-refractivity contribution is 7.20. The molecule has 6 nitrogen and oxygen atoms in total. The van der Waals surface area contributed by atoms with Gasteiger partial charge in [-0.05, 0) is 31.7 Å². The Labute approximate surface area is 175 Å². The molecule has 3 heterocycles. The van der Waals surface area contributed by atoms with Gasteiger partial charge < -0.3 is 5.32 Å². The first-order valence-corrected chi connectivity index (χ1v) is 10.3. The van der Waals surface area contributed by atoms with Gasteiger partial charge in [0.2, 0.25) is 0 Å². The van der Waals surface area contributed by atoms with E-state index in [4.69, 9.17) is 0 Å². The lowest BCUT2D eigenvalue weighted by atomic mass is 10.2. The van der Waals surface area contributed by atoms with E-state index in [9.17, 15) is 31.1 Å². The molecule has 0 atom stereocenters. The zero-order valence-corrected chi connectivity index (χ0v) is 17.0. The van der Waals surface area contributed by atoms with Crippen molar-refractivity contribution in [3.63, 3.8) is 0 Å². The summed E-state index contributed by atoms with van der Waals surface area (Å²) in [6.07, 6.45) is -7.44. The second-order valence-corrected chi connectivity index (χ2v) is 8.29. The standard InChI is InChI=1S/C18H17F6N5OS/c1-28-16-10(13(27-28)17(19,20)21)8-12(31-16)15(30)25-6-3-7-29-14(18(22,23)24)9-4-2-5-11(9)26-29/h8H,2-7H2,1H3,(H,25,30). The number of aromatic nitrogens is 4. The van der Waals surface area contributed by atoms with Gasteiger partial charge in [0.05, 0.1) is 10.6 Å². The van der Waals surface area contributed by atoms with Gasteiger partial charge in [0.25, 0.3) is 5.91 Å². The maximum atomic E-state index is 13.4. The molecule has 0 fully saturated rings. The van der Waals surface area contributed by atoms with Gasteiger partial charge in [-0.3, -0.25) is 14.2 Å². The number of amides is 1. The van der Waals surface area contributed by atoms with Crippen LogP contribution < -0.4 is 5.32 Å². The van der Waals surface area contributed by atoms with Gasteiger partial charge in [-0.15, -0.1) is 11.3 Å². The van der Waals surface area contributed by atoms with Gasteiger partial charge in [-0.1, -0.05) is 0 Å². The molecule has 1 N–H and O–H groups in total. The molecule has 0 radical (unpaired) electrons. The van der Waals surface area contributed by atoms with Crippen LogP contribution in [-0.2, 0) is 38.8 Å². The summed E-state index contributed by atoms with van der Waals surface area (Å²) in [6.45, 7) is 0.0238. The number of nitrogens with one attached hydrogen (secondary N) is 1. The fraction of sp³-hybridized carbons (Fsp3) is 0.500. The molecule has 0 saturated carbocycles. The van der Waals surface area contributed by atoms with Crippen LogP contribution in [0.25, 0.3) is 10.2 Å². The van der Waals surface area contributed by atoms with Crippen molar-refractivity contribution in [2.24, 2.45) is 7.05 Å². The summed E-state index contributed by atoms with van der Waals surface area (Å²) in [7, 11) is 1.36. The molecule has 1 aliphatic carbocycles. The van der Waals surface area contributed by atoms with E-state index in [0.717, 1.165) is 26.8 Å². The van der Waals surface area contributed by atoms with Gasteiger partial charge in [0.15, 0.2) is 5.69 Å². The highest BCUT2D eigenvalue weighted by Gasteiger charge is 2.40. The van der Waals surface area contributed by atoms with Crippen LogP contribution in [0.4, 0.5) is 26.3 Å². The molecule has 31 heavy (non-hydrogen) atoms. The SMILES string of the molecule is Cn1nc(C(F)(F)F)c2cc(C(=O)NCCCn3nc4c(c3C(F)(F)F)CCC4)sc21. The van der Waals surface area contributed by atoms with Crippen molar-refractivity contribution in [3.8, 4) is 0 Å². The Morgan fingerprint density at radius 1 is 1.16 bits per heavy atom. The number of aryl methyl sites for hydroxylation is 3. The predicted octanol–water partition coefficient (Wildman–Crippen LogP) is 4.18. The maximum Gasteiger partial charge on any atom is 0.435 e. The summed E-state index contributed by atoms with van der Waals surface area (Å²) in [5, 5.41) is 9.90. The molecule has 0 aromatic carbocycles. The number of rotatable bonds is 5. The fourth-order valence-corrected chi connectivity index (χ4v) is 4.79. The van der Waals surface area contributed by atoms with E-state index >= 15 is 0 Å². The largest absolute Gasteiger partial charge is 0.435 e. The lowest BCUT2D eigenvalue weighted by Crippen LogP contribution is -2.25. The molecule has 3 aromatic rings. The van der Waals surface area contributed by atoms with Crippen LogP contribution in [-0.4, -0.2) is 32.0 Å². The number of nitrogens with zero attached hydrogens (tertiary/aromatic N) is 4. The van der Waals surface area contributed by atoms with E-state index in [1.54, 1.807) is 0 Å². The second kappa shape index (κ2) is 7.53. The van der Waals surface area contributed by atoms with Gasteiger partial charge in [0.1, 0.15) is 10.5 Å². The molecule has 0 saturated heterocycles. The van der Waals surface area contributed by atoms with Crippen LogP contribution in [0.1, 0.15) is 45.2 Å². The van der Waals surface area contributed by atoms with E-state index < -0.39 is 29.6 Å². The van der Waals surface area contributed by atoms with Crippen LogP contribution in [0, 0.1) is 0 Å². The first kappa shape index (κ1) is 21.7. The maximum absolute atomic E-state index is 13.4. The monoisotopic (exact) mass is 465 g/mol. The summed E-state index contributed by atoms with van der Waals surface area (Å²) in [4.78, 5) is 12.6. The molecule has 0 bridgehead atoms. The predicted molar refractivity (Wildman–Crippen MR) is 99.8 cm³/mol. The van der Waals surface area contributed by atoms with Crippen molar-refractivity contribution < 1.29 is 31.1 Å². The molecular weight excluding hydrogens is 448 g/mol. The molecular formula is C18H17F6N5OS. The minimum atomic E-state index is -4.64. The number of hydrogen-bond donors (Lipinski definition) is 1. The normalized spacial score (nSPS) is 14.4. The second-order valence-electron chi connectivity index (χ2n) is 7.26. The fourth-order valence-electron chi connectivity index (χ4n) is 3.80. The number of hydrogen-bond acceptors (Lipinski definition) is 4. The third-order valence-electron chi connectivity index (χ3n) is 5.08. The van der Waals surface area contributed by atoms with Crippen LogP contribution in [0.5, 0.6) is 0 Å². The summed E-state index contributed by atoms with van der Waals surface area (Å²) < 4.78 is 81.4. The van der Waals surface area contributed by atoms with Crippen molar-refractivity contribution in [1.29, 1.82) is 0 Å². The number of thiophene rings is 1. The van der Waals surface area contributed by atoms with Gasteiger partial charge in [-0.2, -0.15) is 36.5 Å². The van der Waals surface area contributed by atoms with E-state index in [0.29, 0.717) is 25.0 Å². The Bertz CT molecular complexity index is 1140. The zero-order chi connectivity index (χ0) is 22.6. The molecule has 13 heteroatoms. The summed E-state index contributed by atoms with van der Waals surface area (Å²) in [6, 6.07) is 1.13. The van der Waals surface area contributed by atoms with Crippen LogP contribution in [0.2, 0.25) is 0 Å². The number of fused-ring (bicyclic) bond motifs is 2. The van der Waals surface area contributed by atoms with Crippen molar-refractivity contribution >= 4 is 27.5 Å². The molecule has 0 aliphatic heterocycles. The quantitative estimate of drug-likeness (QED) is 0.454. The lowest BCUT2D eigenvalue weighted by molar-refractivity contribution is -0.145. The van der Waals surface area contributed by atoms with Crippen molar-refractivity contribution in [3.05, 3.63) is 33.6 Å². The summed E-state index contributed by atoms with van der Waals surface area (Å²) in [5.41, 5.74) is -1.08. The molecule has 1 amide bonds. The van der Waals surface area contributed by atoms with Gasteiger partial charge >= 0.3 is 12.4 Å². The average molecular weight is 465 g/mol. The number of carbonyl (C=O) groups excluding carboxylic acids is 1. The van der Waals surface area contributed by atoms with Gasteiger partial charge in [-0.25, -0.2) is 0 Å². The third kappa shape index (κ3) is 4.02. The highest BCUT2D eigenvalue weighted by Crippen LogP contribution is 2.38. The van der Waals surface area contributed by atoms with E-state index in [2.05, 4.69) is 15.5 Å². The smallest absolute Gasteiger partial charge is 0.351 e. The Balaban J connectivity index is 1.41. The van der Waals surface area contributed by atoms with E-state index in [-0.39, 0.29) is 40.2 Å². The van der Waals surface area contributed by atoms with E-state index in [1.807, 2.05) is 0 Å².